The Morgan fingerprint density at radius 3 is 2.95 bits per heavy atom. The molecule has 0 radical (unpaired) electrons. The Morgan fingerprint density at radius 2 is 2.20 bits per heavy atom. The summed E-state index contributed by atoms with van der Waals surface area (Å²) in [6, 6.07) is 8.03. The van der Waals surface area contributed by atoms with Crippen molar-refractivity contribution in [2.24, 2.45) is 0 Å². The first-order chi connectivity index (χ1) is 9.58. The number of amides is 1. The summed E-state index contributed by atoms with van der Waals surface area (Å²) in [6.45, 7) is 0.593. The van der Waals surface area contributed by atoms with Crippen molar-refractivity contribution in [1.82, 2.24) is 15.1 Å². The topological polar surface area (TPSA) is 64.0 Å². The van der Waals surface area contributed by atoms with Crippen LogP contribution in [0.25, 0.3) is 0 Å². The van der Waals surface area contributed by atoms with Crippen molar-refractivity contribution >= 4 is 33.4 Å². The summed E-state index contributed by atoms with van der Waals surface area (Å²) in [5, 5.41) is 6.97. The molecule has 2 aromatic rings. The molecule has 0 saturated carbocycles. The van der Waals surface area contributed by atoms with Gasteiger partial charge < -0.3 is 5.32 Å². The van der Waals surface area contributed by atoms with Gasteiger partial charge in [-0.25, -0.2) is 4.68 Å². The van der Waals surface area contributed by atoms with E-state index in [2.05, 4.69) is 26.3 Å². The van der Waals surface area contributed by atoms with Gasteiger partial charge in [-0.2, -0.15) is 5.10 Å². The lowest BCUT2D eigenvalue weighted by atomic mass is 10.2. The van der Waals surface area contributed by atoms with E-state index in [1.165, 1.54) is 16.9 Å². The van der Waals surface area contributed by atoms with Crippen LogP contribution in [-0.4, -0.2) is 22.2 Å². The summed E-state index contributed by atoms with van der Waals surface area (Å²) in [4.78, 5) is 23.4. The van der Waals surface area contributed by atoms with Crippen LogP contribution in [0.1, 0.15) is 10.4 Å². The van der Waals surface area contributed by atoms with E-state index < -0.39 is 0 Å². The maximum atomic E-state index is 12.0. The Hall–Kier alpha value is -1.66. The molecule has 1 N–H and O–H groups in total. The molecule has 7 heteroatoms. The quantitative estimate of drug-likeness (QED) is 0.912. The molecule has 1 aromatic heterocycles. The number of hydrogen-bond donors (Lipinski definition) is 1. The average Bonchev–Trinajstić information content (AvgIpc) is 2.43. The molecule has 5 nitrogen and oxygen atoms in total. The van der Waals surface area contributed by atoms with Crippen molar-refractivity contribution in [3.63, 3.8) is 0 Å². The molecule has 0 fully saturated rings. The van der Waals surface area contributed by atoms with Crippen molar-refractivity contribution in [2.75, 3.05) is 6.54 Å². The standard InChI is InChI=1S/C13H11BrClN3O2/c14-9-3-4-11(15)10(8-9)13(20)16-6-7-18-12(19)2-1-5-17-18/h1-5,8H,6-7H2,(H,16,20). The molecule has 0 spiro atoms. The van der Waals surface area contributed by atoms with Gasteiger partial charge in [-0.15, -0.1) is 0 Å². The monoisotopic (exact) mass is 355 g/mol. The molecule has 0 aliphatic carbocycles. The number of nitrogens with zero attached hydrogens (tertiary/aromatic N) is 2. The predicted octanol–water partition coefficient (Wildman–Crippen LogP) is 2.09. The average molecular weight is 357 g/mol. The summed E-state index contributed by atoms with van der Waals surface area (Å²) < 4.78 is 2.05. The Bertz CT molecular complexity index is 687. The van der Waals surface area contributed by atoms with Crippen LogP contribution in [0.4, 0.5) is 0 Å². The van der Waals surface area contributed by atoms with Gasteiger partial charge in [0, 0.05) is 23.3 Å². The van der Waals surface area contributed by atoms with Gasteiger partial charge in [-0.05, 0) is 24.3 Å². The van der Waals surface area contributed by atoms with E-state index in [9.17, 15) is 9.59 Å². The number of halogens is 2. The Balaban J connectivity index is 1.98. The summed E-state index contributed by atoms with van der Waals surface area (Å²) in [5.74, 6) is -0.291. The minimum Gasteiger partial charge on any atom is -0.350 e. The van der Waals surface area contributed by atoms with Crippen LogP contribution in [-0.2, 0) is 6.54 Å². The molecule has 20 heavy (non-hydrogen) atoms. The highest BCUT2D eigenvalue weighted by Crippen LogP contribution is 2.20. The van der Waals surface area contributed by atoms with Crippen LogP contribution in [0, 0.1) is 0 Å². The molecule has 0 unspecified atom stereocenters. The van der Waals surface area contributed by atoms with Gasteiger partial charge >= 0.3 is 0 Å². The molecular formula is C13H11BrClN3O2. The second-order valence-corrected chi connectivity index (χ2v) is 5.29. The minimum absolute atomic E-state index is 0.206. The van der Waals surface area contributed by atoms with Crippen molar-refractivity contribution in [3.05, 3.63) is 61.9 Å². The second kappa shape index (κ2) is 6.67. The summed E-state index contributed by atoms with van der Waals surface area (Å²) in [7, 11) is 0. The van der Waals surface area contributed by atoms with Gasteiger partial charge in [-0.1, -0.05) is 27.5 Å². The lowest BCUT2D eigenvalue weighted by Gasteiger charge is -2.08. The molecule has 2 rings (SSSR count). The summed E-state index contributed by atoms with van der Waals surface area (Å²) in [6.07, 6.45) is 1.52. The lowest BCUT2D eigenvalue weighted by Crippen LogP contribution is -2.31. The van der Waals surface area contributed by atoms with Crippen LogP contribution in [0.2, 0.25) is 5.02 Å². The first-order valence-corrected chi connectivity index (χ1v) is 7.00. The van der Waals surface area contributed by atoms with Crippen LogP contribution >= 0.6 is 27.5 Å². The largest absolute Gasteiger partial charge is 0.350 e. The normalized spacial score (nSPS) is 10.3. The van der Waals surface area contributed by atoms with Gasteiger partial charge in [0.2, 0.25) is 0 Å². The molecule has 0 saturated heterocycles. The zero-order chi connectivity index (χ0) is 14.5. The van der Waals surface area contributed by atoms with Crippen molar-refractivity contribution in [1.29, 1.82) is 0 Å². The van der Waals surface area contributed by atoms with E-state index in [1.54, 1.807) is 24.3 Å². The third-order valence-corrected chi connectivity index (χ3v) is 3.39. The van der Waals surface area contributed by atoms with Gasteiger partial charge in [0.1, 0.15) is 0 Å². The van der Waals surface area contributed by atoms with Crippen molar-refractivity contribution in [2.45, 2.75) is 6.54 Å². The number of benzene rings is 1. The van der Waals surface area contributed by atoms with E-state index in [0.717, 1.165) is 4.47 Å². The fourth-order valence-corrected chi connectivity index (χ4v) is 2.16. The molecule has 104 valence electrons. The van der Waals surface area contributed by atoms with Crippen molar-refractivity contribution < 1.29 is 4.79 Å². The van der Waals surface area contributed by atoms with E-state index in [0.29, 0.717) is 23.7 Å². The zero-order valence-corrected chi connectivity index (χ0v) is 12.7. The first-order valence-electron chi connectivity index (χ1n) is 5.83. The molecule has 1 heterocycles. The first kappa shape index (κ1) is 14.7. The third kappa shape index (κ3) is 3.68. The zero-order valence-electron chi connectivity index (χ0n) is 10.3. The number of nitrogens with one attached hydrogen (secondary N) is 1. The van der Waals surface area contributed by atoms with Gasteiger partial charge in [0.15, 0.2) is 0 Å². The van der Waals surface area contributed by atoms with E-state index in [-0.39, 0.29) is 11.5 Å². The van der Waals surface area contributed by atoms with Crippen LogP contribution in [0.5, 0.6) is 0 Å². The minimum atomic E-state index is -0.291. The van der Waals surface area contributed by atoms with Crippen molar-refractivity contribution in [3.8, 4) is 0 Å². The Morgan fingerprint density at radius 1 is 1.40 bits per heavy atom. The van der Waals surface area contributed by atoms with Gasteiger partial charge in [0.05, 0.1) is 17.1 Å². The summed E-state index contributed by atoms with van der Waals surface area (Å²) in [5.41, 5.74) is 0.177. The molecule has 1 aromatic carbocycles. The lowest BCUT2D eigenvalue weighted by molar-refractivity contribution is 0.0952. The highest BCUT2D eigenvalue weighted by atomic mass is 79.9. The highest BCUT2D eigenvalue weighted by Gasteiger charge is 2.10. The molecular weight excluding hydrogens is 346 g/mol. The predicted molar refractivity (Wildman–Crippen MR) is 80.0 cm³/mol. The Labute approximate surface area is 128 Å². The number of carbonyl (C=O) groups excluding carboxylic acids is 1. The number of rotatable bonds is 4. The van der Waals surface area contributed by atoms with Gasteiger partial charge in [0.25, 0.3) is 11.5 Å². The summed E-state index contributed by atoms with van der Waals surface area (Å²) >= 11 is 9.25. The van der Waals surface area contributed by atoms with E-state index >= 15 is 0 Å². The Kier molecular flexibility index (Phi) is 4.92. The number of aromatic nitrogens is 2. The van der Waals surface area contributed by atoms with Crippen LogP contribution in [0.15, 0.2) is 45.8 Å². The van der Waals surface area contributed by atoms with E-state index in [4.69, 9.17) is 11.6 Å². The molecule has 0 atom stereocenters. The van der Waals surface area contributed by atoms with Crippen LogP contribution in [0.3, 0.4) is 0 Å². The molecule has 0 aliphatic heterocycles. The molecule has 1 amide bonds. The SMILES string of the molecule is O=C(NCCn1ncccc1=O)c1cc(Br)ccc1Cl. The van der Waals surface area contributed by atoms with Crippen LogP contribution < -0.4 is 10.9 Å². The third-order valence-electron chi connectivity index (χ3n) is 2.57. The smallest absolute Gasteiger partial charge is 0.266 e. The van der Waals surface area contributed by atoms with Gasteiger partial charge in [-0.3, -0.25) is 9.59 Å². The van der Waals surface area contributed by atoms with E-state index in [1.807, 2.05) is 0 Å². The maximum Gasteiger partial charge on any atom is 0.266 e. The molecule has 0 aliphatic rings. The number of carbonyl (C=O) groups is 1. The number of hydrogen-bond acceptors (Lipinski definition) is 3. The highest BCUT2D eigenvalue weighted by molar-refractivity contribution is 9.10. The fourth-order valence-electron chi connectivity index (χ4n) is 1.60. The maximum absolute atomic E-state index is 12.0. The molecule has 0 bridgehead atoms. The fraction of sp³-hybridized carbons (Fsp3) is 0.154. The second-order valence-electron chi connectivity index (χ2n) is 3.97.